The SMILES string of the molecule is C#Cc1cnc(C(=O)N2CCc3cc(F)ccc32)cc1N1CCC(N2CCc3cc(OC)ccc3NC2=O)CC1. The number of nitrogens with one attached hydrogen (secondary N) is 1. The van der Waals surface area contributed by atoms with Crippen molar-refractivity contribution in [2.24, 2.45) is 0 Å². The predicted molar refractivity (Wildman–Crippen MR) is 152 cm³/mol. The lowest BCUT2D eigenvalue weighted by molar-refractivity contribution is 0.0984. The normalized spacial score (nSPS) is 17.0. The van der Waals surface area contributed by atoms with Gasteiger partial charge in [0.25, 0.3) is 5.91 Å². The smallest absolute Gasteiger partial charge is 0.322 e. The molecule has 9 heteroatoms. The molecule has 3 aliphatic rings. The van der Waals surface area contributed by atoms with E-state index in [2.05, 4.69) is 21.1 Å². The fourth-order valence-corrected chi connectivity index (χ4v) is 5.98. The number of halogens is 1. The molecule has 8 nitrogen and oxygen atoms in total. The summed E-state index contributed by atoms with van der Waals surface area (Å²) in [5.74, 6) is 2.94. The second-order valence-electron chi connectivity index (χ2n) is 10.3. The minimum Gasteiger partial charge on any atom is -0.497 e. The van der Waals surface area contributed by atoms with E-state index in [0.717, 1.165) is 47.5 Å². The maximum Gasteiger partial charge on any atom is 0.322 e. The summed E-state index contributed by atoms with van der Waals surface area (Å²) in [5.41, 5.74) is 5.13. The fraction of sp³-hybridized carbons (Fsp3) is 0.323. The number of fused-ring (bicyclic) bond motifs is 2. The first-order valence-corrected chi connectivity index (χ1v) is 13.5. The maximum absolute atomic E-state index is 13.7. The van der Waals surface area contributed by atoms with E-state index >= 15 is 0 Å². The van der Waals surface area contributed by atoms with Crippen molar-refractivity contribution in [1.29, 1.82) is 0 Å². The molecule has 0 bridgehead atoms. The molecule has 3 aliphatic heterocycles. The van der Waals surface area contributed by atoms with Crippen LogP contribution in [0.25, 0.3) is 0 Å². The van der Waals surface area contributed by atoms with E-state index in [1.807, 2.05) is 23.1 Å². The largest absolute Gasteiger partial charge is 0.497 e. The number of ether oxygens (including phenoxy) is 1. The monoisotopic (exact) mass is 539 g/mol. The zero-order chi connectivity index (χ0) is 27.8. The van der Waals surface area contributed by atoms with Crippen molar-refractivity contribution in [2.75, 3.05) is 48.4 Å². The van der Waals surface area contributed by atoms with Crippen molar-refractivity contribution in [2.45, 2.75) is 31.7 Å². The van der Waals surface area contributed by atoms with Crippen LogP contribution in [0.1, 0.15) is 40.0 Å². The number of hydrogen-bond donors (Lipinski definition) is 1. The lowest BCUT2D eigenvalue weighted by Gasteiger charge is -2.39. The average Bonchev–Trinajstić information content (AvgIpc) is 3.32. The summed E-state index contributed by atoms with van der Waals surface area (Å²) >= 11 is 0. The van der Waals surface area contributed by atoms with Gasteiger partial charge in [0.05, 0.1) is 18.4 Å². The van der Waals surface area contributed by atoms with E-state index in [9.17, 15) is 14.0 Å². The molecule has 204 valence electrons. The van der Waals surface area contributed by atoms with Gasteiger partial charge in [0.2, 0.25) is 0 Å². The molecule has 40 heavy (non-hydrogen) atoms. The first-order valence-electron chi connectivity index (χ1n) is 13.5. The van der Waals surface area contributed by atoms with E-state index in [1.165, 1.54) is 12.1 Å². The third kappa shape index (κ3) is 4.70. The number of aromatic nitrogens is 1. The number of benzene rings is 2. The highest BCUT2D eigenvalue weighted by atomic mass is 19.1. The second-order valence-corrected chi connectivity index (χ2v) is 10.3. The highest BCUT2D eigenvalue weighted by molar-refractivity contribution is 6.06. The van der Waals surface area contributed by atoms with Crippen LogP contribution in [0.15, 0.2) is 48.7 Å². The Bertz CT molecular complexity index is 1530. The standard InChI is InChI=1S/C31H30FN5O3/c1-3-20-19-33-27(30(38)37-15-9-22-16-23(32)4-7-28(22)37)18-29(20)35-12-10-24(11-13-35)36-14-8-21-17-25(40-2)5-6-26(21)34-31(36)39/h1,4-7,16-19,24H,8-15H2,2H3,(H,34,39). The lowest BCUT2D eigenvalue weighted by Crippen LogP contribution is -2.49. The maximum atomic E-state index is 13.7. The first-order chi connectivity index (χ1) is 19.4. The molecule has 0 aliphatic carbocycles. The second kappa shape index (κ2) is 10.5. The quantitative estimate of drug-likeness (QED) is 0.495. The summed E-state index contributed by atoms with van der Waals surface area (Å²) in [6.45, 7) is 2.48. The molecule has 4 heterocycles. The molecule has 3 aromatic rings. The van der Waals surface area contributed by atoms with Crippen molar-refractivity contribution >= 4 is 29.0 Å². The van der Waals surface area contributed by atoms with E-state index in [-0.39, 0.29) is 23.8 Å². The number of carbonyl (C=O) groups excluding carboxylic acids is 2. The van der Waals surface area contributed by atoms with Gasteiger partial charge < -0.3 is 24.8 Å². The summed E-state index contributed by atoms with van der Waals surface area (Å²) in [7, 11) is 1.64. The van der Waals surface area contributed by atoms with Crippen LogP contribution in [0.3, 0.4) is 0 Å². The number of piperidine rings is 1. The van der Waals surface area contributed by atoms with Gasteiger partial charge in [-0.05, 0) is 79.3 Å². The Balaban J connectivity index is 1.16. The molecule has 0 radical (unpaired) electrons. The van der Waals surface area contributed by atoms with Crippen molar-refractivity contribution in [3.05, 3.63) is 76.9 Å². The summed E-state index contributed by atoms with van der Waals surface area (Å²) in [5, 5.41) is 3.06. The van der Waals surface area contributed by atoms with Crippen LogP contribution in [0.5, 0.6) is 5.75 Å². The van der Waals surface area contributed by atoms with Crippen LogP contribution in [0.4, 0.5) is 26.2 Å². The Labute approximate surface area is 232 Å². The van der Waals surface area contributed by atoms with Crippen molar-refractivity contribution in [1.82, 2.24) is 9.88 Å². The van der Waals surface area contributed by atoms with Gasteiger partial charge in [0.1, 0.15) is 17.3 Å². The molecular weight excluding hydrogens is 509 g/mol. The third-order valence-electron chi connectivity index (χ3n) is 8.12. The van der Waals surface area contributed by atoms with Crippen LogP contribution >= 0.6 is 0 Å². The van der Waals surface area contributed by atoms with Crippen molar-refractivity contribution < 1.29 is 18.7 Å². The van der Waals surface area contributed by atoms with Gasteiger partial charge >= 0.3 is 6.03 Å². The Morgan fingerprint density at radius 3 is 2.62 bits per heavy atom. The van der Waals surface area contributed by atoms with E-state index in [4.69, 9.17) is 11.2 Å². The molecule has 3 amide bonds. The van der Waals surface area contributed by atoms with Crippen LogP contribution < -0.4 is 19.9 Å². The minimum atomic E-state index is -0.308. The molecule has 2 aromatic carbocycles. The topological polar surface area (TPSA) is 78.0 Å². The third-order valence-corrected chi connectivity index (χ3v) is 8.12. The van der Waals surface area contributed by atoms with Gasteiger partial charge in [-0.1, -0.05) is 5.92 Å². The highest BCUT2D eigenvalue weighted by Crippen LogP contribution is 2.32. The molecule has 1 fully saturated rings. The number of amides is 3. The number of carbonyl (C=O) groups is 2. The van der Waals surface area contributed by atoms with Crippen LogP contribution in [0, 0.1) is 18.2 Å². The zero-order valence-corrected chi connectivity index (χ0v) is 22.3. The van der Waals surface area contributed by atoms with Crippen molar-refractivity contribution in [3.8, 4) is 18.1 Å². The molecule has 1 aromatic heterocycles. The number of methoxy groups -OCH3 is 1. The number of hydrogen-bond acceptors (Lipinski definition) is 5. The van der Waals surface area contributed by atoms with E-state index < -0.39 is 0 Å². The Morgan fingerprint density at radius 1 is 1.05 bits per heavy atom. The molecule has 0 spiro atoms. The molecule has 0 atom stereocenters. The molecular formula is C31H30FN5O3. The first kappa shape index (κ1) is 25.7. The zero-order valence-electron chi connectivity index (χ0n) is 22.3. The summed E-state index contributed by atoms with van der Waals surface area (Å²) < 4.78 is 19.0. The predicted octanol–water partition coefficient (Wildman–Crippen LogP) is 4.47. The van der Waals surface area contributed by atoms with Gasteiger partial charge in [0, 0.05) is 49.8 Å². The molecule has 0 unspecified atom stereocenters. The number of terminal acetylenes is 1. The Hall–Kier alpha value is -4.58. The minimum absolute atomic E-state index is 0.0887. The van der Waals surface area contributed by atoms with E-state index in [1.54, 1.807) is 30.3 Å². The summed E-state index contributed by atoms with van der Waals surface area (Å²) in [6.07, 6.45) is 10.3. The van der Waals surface area contributed by atoms with Gasteiger partial charge in [0.15, 0.2) is 0 Å². The Kier molecular flexibility index (Phi) is 6.76. The molecule has 1 saturated heterocycles. The fourth-order valence-electron chi connectivity index (χ4n) is 5.98. The number of urea groups is 1. The Morgan fingerprint density at radius 2 is 1.85 bits per heavy atom. The van der Waals surface area contributed by atoms with Gasteiger partial charge in [-0.2, -0.15) is 0 Å². The van der Waals surface area contributed by atoms with Gasteiger partial charge in [-0.15, -0.1) is 6.42 Å². The van der Waals surface area contributed by atoms with Gasteiger partial charge in [-0.3, -0.25) is 4.79 Å². The molecule has 6 rings (SSSR count). The molecule has 1 N–H and O–H groups in total. The van der Waals surface area contributed by atoms with Crippen LogP contribution in [-0.4, -0.2) is 61.2 Å². The van der Waals surface area contributed by atoms with Crippen molar-refractivity contribution in [3.63, 3.8) is 0 Å². The number of pyridine rings is 1. The highest BCUT2D eigenvalue weighted by Gasteiger charge is 2.32. The number of nitrogens with zero attached hydrogens (tertiary/aromatic N) is 4. The van der Waals surface area contributed by atoms with E-state index in [0.29, 0.717) is 49.5 Å². The van der Waals surface area contributed by atoms with Gasteiger partial charge in [-0.25, -0.2) is 14.2 Å². The number of rotatable bonds is 4. The van der Waals surface area contributed by atoms with Crippen LogP contribution in [-0.2, 0) is 12.8 Å². The lowest BCUT2D eigenvalue weighted by atomic mass is 10.0. The number of anilines is 3. The average molecular weight is 540 g/mol. The summed E-state index contributed by atoms with van der Waals surface area (Å²) in [4.78, 5) is 36.7. The summed E-state index contributed by atoms with van der Waals surface area (Å²) in [6, 6.07) is 12.0. The van der Waals surface area contributed by atoms with Crippen LogP contribution in [0.2, 0.25) is 0 Å². The molecule has 0 saturated carbocycles.